The highest BCUT2D eigenvalue weighted by Crippen LogP contribution is 2.27. The van der Waals surface area contributed by atoms with Gasteiger partial charge in [0.2, 0.25) is 0 Å². The molecular formula is C20H19ClN6O2. The van der Waals surface area contributed by atoms with Crippen LogP contribution in [0.2, 0.25) is 5.02 Å². The maximum absolute atomic E-state index is 13.4. The maximum Gasteiger partial charge on any atom is 0.262 e. The minimum absolute atomic E-state index is 0.0920. The fraction of sp³-hybridized carbons (Fsp3) is 0.300. The molecule has 0 N–H and O–H groups in total. The van der Waals surface area contributed by atoms with Crippen molar-refractivity contribution in [2.45, 2.75) is 6.54 Å². The number of pyridine rings is 1. The average molecular weight is 411 g/mol. The molecule has 0 aliphatic carbocycles. The minimum Gasteiger partial charge on any atom is -0.379 e. The molecule has 0 bridgehead atoms. The van der Waals surface area contributed by atoms with Gasteiger partial charge in [0.25, 0.3) is 11.3 Å². The number of aromatic nitrogens is 5. The Morgan fingerprint density at radius 1 is 1.07 bits per heavy atom. The summed E-state index contributed by atoms with van der Waals surface area (Å²) < 4.78 is 8.74. The van der Waals surface area contributed by atoms with E-state index in [1.807, 2.05) is 18.2 Å². The summed E-state index contributed by atoms with van der Waals surface area (Å²) in [6.07, 6.45) is 3.24. The molecule has 1 aliphatic rings. The Morgan fingerprint density at radius 3 is 2.66 bits per heavy atom. The number of nitrogens with zero attached hydrogens (tertiary/aromatic N) is 6. The molecule has 1 saturated heterocycles. The third-order valence-electron chi connectivity index (χ3n) is 5.22. The first kappa shape index (κ1) is 18.2. The van der Waals surface area contributed by atoms with Crippen molar-refractivity contribution in [3.8, 4) is 11.3 Å². The van der Waals surface area contributed by atoms with Crippen LogP contribution in [-0.2, 0) is 11.3 Å². The molecular weight excluding hydrogens is 392 g/mol. The van der Waals surface area contributed by atoms with Crippen LogP contribution in [0, 0.1) is 0 Å². The second kappa shape index (κ2) is 7.55. The molecule has 9 heteroatoms. The molecule has 1 aliphatic heterocycles. The number of hydrogen-bond acceptors (Lipinski definition) is 6. The lowest BCUT2D eigenvalue weighted by atomic mass is 10.1. The first-order valence-electron chi connectivity index (χ1n) is 9.49. The van der Waals surface area contributed by atoms with E-state index < -0.39 is 0 Å². The van der Waals surface area contributed by atoms with Crippen molar-refractivity contribution in [3.63, 3.8) is 0 Å². The van der Waals surface area contributed by atoms with Gasteiger partial charge in [-0.3, -0.25) is 9.69 Å². The normalized spacial score (nSPS) is 15.3. The van der Waals surface area contributed by atoms with Gasteiger partial charge < -0.3 is 9.30 Å². The van der Waals surface area contributed by atoms with E-state index in [1.165, 1.54) is 6.33 Å². The lowest BCUT2D eigenvalue weighted by Crippen LogP contribution is -2.39. The van der Waals surface area contributed by atoms with Gasteiger partial charge >= 0.3 is 0 Å². The highest BCUT2D eigenvalue weighted by atomic mass is 35.5. The van der Waals surface area contributed by atoms with Crippen LogP contribution >= 0.6 is 11.6 Å². The molecule has 0 saturated carbocycles. The zero-order chi connectivity index (χ0) is 19.8. The summed E-state index contributed by atoms with van der Waals surface area (Å²) in [4.78, 5) is 24.5. The Kier molecular flexibility index (Phi) is 4.75. The van der Waals surface area contributed by atoms with Gasteiger partial charge in [-0.15, -0.1) is 0 Å². The van der Waals surface area contributed by atoms with Gasteiger partial charge in [0, 0.05) is 43.0 Å². The van der Waals surface area contributed by atoms with Gasteiger partial charge in [-0.2, -0.15) is 14.6 Å². The third kappa shape index (κ3) is 3.39. The van der Waals surface area contributed by atoms with Crippen molar-refractivity contribution in [2.75, 3.05) is 32.8 Å². The maximum atomic E-state index is 13.4. The summed E-state index contributed by atoms with van der Waals surface area (Å²) >= 11 is 6.06. The van der Waals surface area contributed by atoms with Crippen molar-refractivity contribution < 1.29 is 4.74 Å². The van der Waals surface area contributed by atoms with Crippen LogP contribution in [0.15, 0.2) is 47.7 Å². The van der Waals surface area contributed by atoms with Gasteiger partial charge in [0.15, 0.2) is 0 Å². The second-order valence-electron chi connectivity index (χ2n) is 6.97. The first-order chi connectivity index (χ1) is 14.2. The average Bonchev–Trinajstić information content (AvgIpc) is 3.21. The Labute approximate surface area is 171 Å². The Bertz CT molecular complexity index is 1230. The van der Waals surface area contributed by atoms with Gasteiger partial charge in [-0.1, -0.05) is 23.7 Å². The third-order valence-corrected chi connectivity index (χ3v) is 5.47. The molecule has 0 atom stereocenters. The lowest BCUT2D eigenvalue weighted by molar-refractivity contribution is 0.0363. The van der Waals surface area contributed by atoms with Crippen molar-refractivity contribution in [2.24, 2.45) is 0 Å². The van der Waals surface area contributed by atoms with Gasteiger partial charge in [0.05, 0.1) is 29.8 Å². The fourth-order valence-electron chi connectivity index (χ4n) is 3.69. The van der Waals surface area contributed by atoms with Gasteiger partial charge in [-0.05, 0) is 18.2 Å². The summed E-state index contributed by atoms with van der Waals surface area (Å²) in [7, 11) is 0. The van der Waals surface area contributed by atoms with Crippen LogP contribution in [0.25, 0.3) is 27.9 Å². The molecule has 0 spiro atoms. The molecule has 4 heterocycles. The molecule has 0 amide bonds. The largest absolute Gasteiger partial charge is 0.379 e. The molecule has 8 nitrogen and oxygen atoms in total. The Hall–Kier alpha value is -2.81. The zero-order valence-corrected chi connectivity index (χ0v) is 16.4. The van der Waals surface area contributed by atoms with Crippen molar-refractivity contribution >= 4 is 28.3 Å². The van der Waals surface area contributed by atoms with Crippen molar-refractivity contribution in [3.05, 3.63) is 58.2 Å². The van der Waals surface area contributed by atoms with E-state index in [2.05, 4.69) is 20.0 Å². The topological polar surface area (TPSA) is 77.6 Å². The van der Waals surface area contributed by atoms with E-state index >= 15 is 0 Å². The fourth-order valence-corrected chi connectivity index (χ4v) is 3.81. The number of fused-ring (bicyclic) bond motifs is 2. The molecule has 3 aromatic heterocycles. The number of ether oxygens (including phenoxy) is 1. The summed E-state index contributed by atoms with van der Waals surface area (Å²) in [5, 5.41) is 5.45. The zero-order valence-electron chi connectivity index (χ0n) is 15.7. The van der Waals surface area contributed by atoms with Crippen LogP contribution in [0.1, 0.15) is 0 Å². The molecule has 4 aromatic rings. The van der Waals surface area contributed by atoms with Crippen molar-refractivity contribution in [1.82, 2.24) is 29.0 Å². The highest BCUT2D eigenvalue weighted by molar-refractivity contribution is 6.30. The predicted octanol–water partition coefficient (Wildman–Crippen LogP) is 2.09. The minimum atomic E-state index is -0.0920. The van der Waals surface area contributed by atoms with Crippen LogP contribution in [0.5, 0.6) is 0 Å². The molecule has 1 aromatic carbocycles. The van der Waals surface area contributed by atoms with E-state index in [9.17, 15) is 4.79 Å². The van der Waals surface area contributed by atoms with Crippen LogP contribution in [0.3, 0.4) is 0 Å². The van der Waals surface area contributed by atoms with Crippen molar-refractivity contribution in [1.29, 1.82) is 0 Å². The molecule has 148 valence electrons. The van der Waals surface area contributed by atoms with E-state index in [-0.39, 0.29) is 5.56 Å². The monoisotopic (exact) mass is 410 g/mol. The molecule has 29 heavy (non-hydrogen) atoms. The molecule has 1 fully saturated rings. The number of hydrogen-bond donors (Lipinski definition) is 0. The standard InChI is InChI=1S/C20H19ClN6O2/c21-15-3-1-14(2-4-15)18-17-16(24-20-22-13-23-27(18)20)5-6-26(19(17)28)8-7-25-9-11-29-12-10-25/h1-6,13H,7-12H2. The SMILES string of the molecule is O=c1c2c(-c3ccc(Cl)cc3)n3ncnc3nc2ccn1CCN1CCOCC1. The van der Waals surface area contributed by atoms with Gasteiger partial charge in [0.1, 0.15) is 6.33 Å². The van der Waals surface area contributed by atoms with Crippen LogP contribution < -0.4 is 5.56 Å². The van der Waals surface area contributed by atoms with Crippen LogP contribution in [-0.4, -0.2) is 61.9 Å². The Balaban J connectivity index is 1.64. The number of morpholine rings is 1. The molecule has 0 unspecified atom stereocenters. The van der Waals surface area contributed by atoms with E-state index in [4.69, 9.17) is 16.3 Å². The van der Waals surface area contributed by atoms with E-state index in [0.717, 1.165) is 38.4 Å². The number of benzene rings is 1. The summed E-state index contributed by atoms with van der Waals surface area (Å²) in [5.74, 6) is 0.452. The second-order valence-corrected chi connectivity index (χ2v) is 7.40. The number of rotatable bonds is 4. The van der Waals surface area contributed by atoms with Gasteiger partial charge in [-0.25, -0.2) is 4.98 Å². The summed E-state index contributed by atoms with van der Waals surface area (Å²) in [6.45, 7) is 4.65. The van der Waals surface area contributed by atoms with E-state index in [1.54, 1.807) is 27.4 Å². The van der Waals surface area contributed by atoms with E-state index in [0.29, 0.717) is 33.9 Å². The lowest BCUT2D eigenvalue weighted by Gasteiger charge is -2.26. The Morgan fingerprint density at radius 2 is 1.86 bits per heavy atom. The smallest absolute Gasteiger partial charge is 0.262 e. The molecule has 5 rings (SSSR count). The summed E-state index contributed by atoms with van der Waals surface area (Å²) in [5.41, 5.74) is 2.01. The van der Waals surface area contributed by atoms with Crippen LogP contribution in [0.4, 0.5) is 0 Å². The highest BCUT2D eigenvalue weighted by Gasteiger charge is 2.18. The first-order valence-corrected chi connectivity index (χ1v) is 9.87. The summed E-state index contributed by atoms with van der Waals surface area (Å²) in [6, 6.07) is 9.22. The number of halogens is 1. The quantitative estimate of drug-likeness (QED) is 0.512. The molecule has 0 radical (unpaired) electrons. The predicted molar refractivity (Wildman–Crippen MR) is 110 cm³/mol.